The van der Waals surface area contributed by atoms with Crippen molar-refractivity contribution in [3.05, 3.63) is 29.6 Å². The third-order valence-electron chi connectivity index (χ3n) is 2.09. The molecular weight excluding hydrogens is 183 g/mol. The molecule has 1 N–H and O–H groups in total. The van der Waals surface area contributed by atoms with Gasteiger partial charge < -0.3 is 9.84 Å². The van der Waals surface area contributed by atoms with E-state index in [1.807, 2.05) is 0 Å². The van der Waals surface area contributed by atoms with E-state index in [1.54, 1.807) is 19.1 Å². The van der Waals surface area contributed by atoms with Gasteiger partial charge in [-0.1, -0.05) is 6.07 Å². The van der Waals surface area contributed by atoms with Crippen LogP contribution in [0.5, 0.6) is 5.75 Å². The van der Waals surface area contributed by atoms with Gasteiger partial charge in [0.05, 0.1) is 13.2 Å². The molecule has 0 aliphatic heterocycles. The Hall–Kier alpha value is -1.09. The number of aliphatic hydroxyl groups excluding tert-OH is 1. The topological polar surface area (TPSA) is 29.5 Å². The van der Waals surface area contributed by atoms with Crippen LogP contribution in [-0.2, 0) is 6.42 Å². The van der Waals surface area contributed by atoms with Crippen molar-refractivity contribution in [3.8, 4) is 5.75 Å². The van der Waals surface area contributed by atoms with E-state index in [0.29, 0.717) is 24.2 Å². The Balaban J connectivity index is 2.69. The molecule has 0 aromatic heterocycles. The van der Waals surface area contributed by atoms with Gasteiger partial charge in [0.2, 0.25) is 0 Å². The lowest BCUT2D eigenvalue weighted by molar-refractivity contribution is 0.184. The Morgan fingerprint density at radius 2 is 2.21 bits per heavy atom. The van der Waals surface area contributed by atoms with Gasteiger partial charge >= 0.3 is 0 Å². The van der Waals surface area contributed by atoms with E-state index in [1.165, 1.54) is 13.2 Å². The van der Waals surface area contributed by atoms with E-state index in [4.69, 9.17) is 9.84 Å². The van der Waals surface area contributed by atoms with Crippen LogP contribution >= 0.6 is 0 Å². The zero-order valence-electron chi connectivity index (χ0n) is 8.46. The van der Waals surface area contributed by atoms with Gasteiger partial charge in [-0.15, -0.1) is 0 Å². The number of aryl methyl sites for hydroxylation is 1. The molecule has 0 aliphatic rings. The standard InChI is InChI=1S/C11H15FO2/c1-8(13)3-4-9-5-6-10(14-2)7-11(9)12/h5-8,13H,3-4H2,1-2H3/t8-/m0/s1. The van der Waals surface area contributed by atoms with Gasteiger partial charge in [-0.2, -0.15) is 0 Å². The van der Waals surface area contributed by atoms with Crippen molar-refractivity contribution in [2.24, 2.45) is 0 Å². The second kappa shape index (κ2) is 4.96. The first-order valence-corrected chi connectivity index (χ1v) is 4.64. The zero-order valence-corrected chi connectivity index (χ0v) is 8.46. The van der Waals surface area contributed by atoms with Crippen LogP contribution in [0.25, 0.3) is 0 Å². The molecule has 14 heavy (non-hydrogen) atoms. The van der Waals surface area contributed by atoms with Gasteiger partial charge in [-0.25, -0.2) is 4.39 Å². The van der Waals surface area contributed by atoms with Crippen LogP contribution in [0.4, 0.5) is 4.39 Å². The molecule has 1 aromatic rings. The van der Waals surface area contributed by atoms with E-state index in [0.717, 1.165) is 0 Å². The monoisotopic (exact) mass is 198 g/mol. The van der Waals surface area contributed by atoms with Gasteiger partial charge in [0.1, 0.15) is 11.6 Å². The molecule has 0 saturated carbocycles. The number of ether oxygens (including phenoxy) is 1. The smallest absolute Gasteiger partial charge is 0.130 e. The quantitative estimate of drug-likeness (QED) is 0.803. The van der Waals surface area contributed by atoms with E-state index in [-0.39, 0.29) is 5.82 Å². The number of hydrogen-bond acceptors (Lipinski definition) is 2. The minimum atomic E-state index is -0.392. The number of benzene rings is 1. The normalized spacial score (nSPS) is 12.6. The average molecular weight is 198 g/mol. The maximum absolute atomic E-state index is 13.3. The van der Waals surface area contributed by atoms with E-state index < -0.39 is 6.10 Å². The summed E-state index contributed by atoms with van der Waals surface area (Å²) in [5.74, 6) is 0.244. The Kier molecular flexibility index (Phi) is 3.89. The van der Waals surface area contributed by atoms with Crippen LogP contribution in [-0.4, -0.2) is 18.3 Å². The Morgan fingerprint density at radius 3 is 2.71 bits per heavy atom. The highest BCUT2D eigenvalue weighted by Gasteiger charge is 2.05. The van der Waals surface area contributed by atoms with Crippen molar-refractivity contribution in [1.82, 2.24) is 0 Å². The van der Waals surface area contributed by atoms with Crippen LogP contribution in [0.2, 0.25) is 0 Å². The summed E-state index contributed by atoms with van der Waals surface area (Å²) in [6.45, 7) is 1.70. The predicted octanol–water partition coefficient (Wildman–Crippen LogP) is 2.15. The number of aliphatic hydroxyl groups is 1. The fourth-order valence-electron chi connectivity index (χ4n) is 1.22. The largest absolute Gasteiger partial charge is 0.497 e. The molecule has 0 aliphatic carbocycles. The third-order valence-corrected chi connectivity index (χ3v) is 2.09. The first-order chi connectivity index (χ1) is 6.63. The van der Waals surface area contributed by atoms with Crippen molar-refractivity contribution in [1.29, 1.82) is 0 Å². The summed E-state index contributed by atoms with van der Waals surface area (Å²) in [6.07, 6.45) is 0.730. The molecule has 1 aromatic carbocycles. The van der Waals surface area contributed by atoms with Crippen LogP contribution in [0.3, 0.4) is 0 Å². The number of rotatable bonds is 4. The lowest BCUT2D eigenvalue weighted by atomic mass is 10.1. The van der Waals surface area contributed by atoms with Crippen molar-refractivity contribution in [2.75, 3.05) is 7.11 Å². The summed E-state index contributed by atoms with van der Waals surface area (Å²) in [4.78, 5) is 0. The molecule has 0 fully saturated rings. The summed E-state index contributed by atoms with van der Waals surface area (Å²) >= 11 is 0. The van der Waals surface area contributed by atoms with E-state index in [9.17, 15) is 4.39 Å². The van der Waals surface area contributed by atoms with Gasteiger partial charge in [-0.3, -0.25) is 0 Å². The molecule has 0 radical (unpaired) electrons. The molecule has 0 saturated heterocycles. The molecule has 0 heterocycles. The maximum atomic E-state index is 13.3. The maximum Gasteiger partial charge on any atom is 0.130 e. The fourth-order valence-corrected chi connectivity index (χ4v) is 1.22. The molecule has 0 amide bonds. The lowest BCUT2D eigenvalue weighted by Crippen LogP contribution is -2.02. The van der Waals surface area contributed by atoms with Crippen LogP contribution in [0, 0.1) is 5.82 Å². The summed E-state index contributed by atoms with van der Waals surface area (Å²) in [7, 11) is 1.50. The van der Waals surface area contributed by atoms with E-state index >= 15 is 0 Å². The molecule has 2 nitrogen and oxygen atoms in total. The van der Waals surface area contributed by atoms with Crippen LogP contribution < -0.4 is 4.74 Å². The van der Waals surface area contributed by atoms with Crippen LogP contribution in [0.15, 0.2) is 18.2 Å². The molecular formula is C11H15FO2. The Labute approximate surface area is 83.3 Å². The Bertz CT molecular complexity index is 297. The van der Waals surface area contributed by atoms with E-state index in [2.05, 4.69) is 0 Å². The summed E-state index contributed by atoms with van der Waals surface area (Å²) < 4.78 is 18.2. The van der Waals surface area contributed by atoms with Crippen molar-refractivity contribution >= 4 is 0 Å². The highest BCUT2D eigenvalue weighted by molar-refractivity contribution is 5.28. The van der Waals surface area contributed by atoms with Crippen molar-refractivity contribution in [3.63, 3.8) is 0 Å². The van der Waals surface area contributed by atoms with Gasteiger partial charge in [0, 0.05) is 6.07 Å². The van der Waals surface area contributed by atoms with Gasteiger partial charge in [-0.05, 0) is 31.4 Å². The average Bonchev–Trinajstić information content (AvgIpc) is 2.15. The predicted molar refractivity (Wildman–Crippen MR) is 53.0 cm³/mol. The molecule has 0 spiro atoms. The zero-order chi connectivity index (χ0) is 10.6. The number of hydrogen-bond donors (Lipinski definition) is 1. The lowest BCUT2D eigenvalue weighted by Gasteiger charge is -2.06. The fraction of sp³-hybridized carbons (Fsp3) is 0.455. The number of methoxy groups -OCH3 is 1. The minimum absolute atomic E-state index is 0.273. The molecule has 0 unspecified atom stereocenters. The molecule has 1 rings (SSSR count). The third kappa shape index (κ3) is 3.00. The Morgan fingerprint density at radius 1 is 1.50 bits per heavy atom. The summed E-state index contributed by atoms with van der Waals surface area (Å²) in [6, 6.07) is 4.77. The first kappa shape index (κ1) is 11.0. The van der Waals surface area contributed by atoms with Crippen molar-refractivity contribution in [2.45, 2.75) is 25.9 Å². The number of halogens is 1. The first-order valence-electron chi connectivity index (χ1n) is 4.64. The second-order valence-electron chi connectivity index (χ2n) is 3.35. The minimum Gasteiger partial charge on any atom is -0.497 e. The second-order valence-corrected chi connectivity index (χ2v) is 3.35. The molecule has 0 bridgehead atoms. The SMILES string of the molecule is COc1ccc(CC[C@H](C)O)c(F)c1. The highest BCUT2D eigenvalue weighted by Crippen LogP contribution is 2.17. The summed E-state index contributed by atoms with van der Waals surface area (Å²) in [5, 5.41) is 9.06. The molecule has 1 atom stereocenters. The van der Waals surface area contributed by atoms with Gasteiger partial charge in [0.25, 0.3) is 0 Å². The van der Waals surface area contributed by atoms with Gasteiger partial charge in [0.15, 0.2) is 0 Å². The summed E-state index contributed by atoms with van der Waals surface area (Å²) in [5.41, 5.74) is 0.617. The molecule has 78 valence electrons. The molecule has 3 heteroatoms. The van der Waals surface area contributed by atoms with Crippen LogP contribution in [0.1, 0.15) is 18.9 Å². The van der Waals surface area contributed by atoms with Crippen molar-refractivity contribution < 1.29 is 14.2 Å². The highest BCUT2D eigenvalue weighted by atomic mass is 19.1.